The Morgan fingerprint density at radius 2 is 2.25 bits per heavy atom. The molecule has 2 rings (SSSR count). The van der Waals surface area contributed by atoms with Crippen LogP contribution in [0.2, 0.25) is 0 Å². The lowest BCUT2D eigenvalue weighted by Gasteiger charge is -2.31. The van der Waals surface area contributed by atoms with Crippen molar-refractivity contribution in [1.82, 2.24) is 9.88 Å². The van der Waals surface area contributed by atoms with Crippen molar-refractivity contribution in [2.75, 3.05) is 19.7 Å². The number of ether oxygens (including phenoxy) is 1. The highest BCUT2D eigenvalue weighted by molar-refractivity contribution is 5.94. The molecule has 0 spiro atoms. The summed E-state index contributed by atoms with van der Waals surface area (Å²) < 4.78 is 5.04. The van der Waals surface area contributed by atoms with Crippen LogP contribution in [0.4, 0.5) is 0 Å². The fourth-order valence-electron chi connectivity index (χ4n) is 2.39. The third-order valence-electron chi connectivity index (χ3n) is 3.49. The van der Waals surface area contributed by atoms with Gasteiger partial charge in [0.25, 0.3) is 5.91 Å². The van der Waals surface area contributed by atoms with Crippen molar-refractivity contribution in [2.24, 2.45) is 5.92 Å². The maximum absolute atomic E-state index is 12.4. The van der Waals surface area contributed by atoms with Gasteiger partial charge >= 0.3 is 5.97 Å². The largest absolute Gasteiger partial charge is 0.466 e. The minimum atomic E-state index is -0.203. The molecule has 5 nitrogen and oxygen atoms in total. The second kappa shape index (κ2) is 6.50. The van der Waals surface area contributed by atoms with Crippen molar-refractivity contribution >= 4 is 11.9 Å². The molecule has 1 aliphatic rings. The van der Waals surface area contributed by atoms with Gasteiger partial charge in [-0.15, -0.1) is 0 Å². The standard InChI is InChI=1S/C15H20N2O3/c1-3-20-15(19)13-5-4-8-17(10-13)14(18)12-7-6-11(2)16-9-12/h6-7,9,13H,3-5,8,10H2,1-2H3/t13-/m1/s1. The molecule has 1 atom stereocenters. The molecular formula is C15H20N2O3. The van der Waals surface area contributed by atoms with Crippen molar-refractivity contribution in [3.8, 4) is 0 Å². The molecule has 1 saturated heterocycles. The number of nitrogens with zero attached hydrogens (tertiary/aromatic N) is 2. The molecule has 0 radical (unpaired) electrons. The topological polar surface area (TPSA) is 59.5 Å². The second-order valence-electron chi connectivity index (χ2n) is 5.03. The highest BCUT2D eigenvalue weighted by atomic mass is 16.5. The van der Waals surface area contributed by atoms with Crippen LogP contribution < -0.4 is 0 Å². The van der Waals surface area contributed by atoms with E-state index in [0.29, 0.717) is 25.3 Å². The van der Waals surface area contributed by atoms with E-state index >= 15 is 0 Å². The number of piperidine rings is 1. The molecule has 1 aliphatic heterocycles. The van der Waals surface area contributed by atoms with Gasteiger partial charge in [-0.05, 0) is 38.8 Å². The Morgan fingerprint density at radius 1 is 1.45 bits per heavy atom. The number of hydrogen-bond donors (Lipinski definition) is 0. The molecule has 1 amide bonds. The van der Waals surface area contributed by atoms with Gasteiger partial charge in [0.2, 0.25) is 0 Å². The van der Waals surface area contributed by atoms with Crippen LogP contribution in [-0.2, 0) is 9.53 Å². The SMILES string of the molecule is CCOC(=O)[C@@H]1CCCN(C(=O)c2ccc(C)nc2)C1. The molecule has 0 bridgehead atoms. The molecule has 0 aliphatic carbocycles. The number of esters is 1. The van der Waals surface area contributed by atoms with E-state index in [1.807, 2.05) is 13.0 Å². The van der Waals surface area contributed by atoms with Crippen LogP contribution in [0.5, 0.6) is 0 Å². The van der Waals surface area contributed by atoms with Crippen LogP contribution >= 0.6 is 0 Å². The lowest BCUT2D eigenvalue weighted by molar-refractivity contribution is -0.149. The molecule has 2 heterocycles. The van der Waals surface area contributed by atoms with Gasteiger partial charge in [0.1, 0.15) is 0 Å². The van der Waals surface area contributed by atoms with E-state index in [2.05, 4.69) is 4.98 Å². The summed E-state index contributed by atoms with van der Waals surface area (Å²) in [4.78, 5) is 30.0. The zero-order valence-corrected chi connectivity index (χ0v) is 12.0. The average molecular weight is 276 g/mol. The number of aryl methyl sites for hydroxylation is 1. The normalized spacial score (nSPS) is 18.7. The molecule has 0 saturated carbocycles. The van der Waals surface area contributed by atoms with Gasteiger partial charge in [-0.1, -0.05) is 0 Å². The number of amides is 1. The third-order valence-corrected chi connectivity index (χ3v) is 3.49. The predicted octanol–water partition coefficient (Wildman–Crippen LogP) is 1.81. The summed E-state index contributed by atoms with van der Waals surface area (Å²) in [6, 6.07) is 3.60. The van der Waals surface area contributed by atoms with E-state index in [-0.39, 0.29) is 17.8 Å². The zero-order chi connectivity index (χ0) is 14.5. The monoisotopic (exact) mass is 276 g/mol. The van der Waals surface area contributed by atoms with Crippen LogP contribution in [0.25, 0.3) is 0 Å². The minimum absolute atomic E-state index is 0.0634. The van der Waals surface area contributed by atoms with Gasteiger partial charge < -0.3 is 9.64 Å². The van der Waals surface area contributed by atoms with Crippen molar-refractivity contribution in [2.45, 2.75) is 26.7 Å². The van der Waals surface area contributed by atoms with Gasteiger partial charge in [-0.2, -0.15) is 0 Å². The second-order valence-corrected chi connectivity index (χ2v) is 5.03. The quantitative estimate of drug-likeness (QED) is 0.790. The molecule has 5 heteroatoms. The van der Waals surface area contributed by atoms with E-state index < -0.39 is 0 Å². The first-order valence-corrected chi connectivity index (χ1v) is 7.00. The third kappa shape index (κ3) is 3.35. The van der Waals surface area contributed by atoms with Crippen molar-refractivity contribution in [1.29, 1.82) is 0 Å². The molecule has 1 aromatic rings. The zero-order valence-electron chi connectivity index (χ0n) is 12.0. The van der Waals surface area contributed by atoms with Gasteiger partial charge in [-0.25, -0.2) is 0 Å². The van der Waals surface area contributed by atoms with Crippen molar-refractivity contribution in [3.63, 3.8) is 0 Å². The summed E-state index contributed by atoms with van der Waals surface area (Å²) >= 11 is 0. The van der Waals surface area contributed by atoms with Crippen molar-refractivity contribution in [3.05, 3.63) is 29.6 Å². The Bertz CT molecular complexity index is 484. The smallest absolute Gasteiger partial charge is 0.310 e. The fraction of sp³-hybridized carbons (Fsp3) is 0.533. The summed E-state index contributed by atoms with van der Waals surface area (Å²) in [5.41, 5.74) is 1.45. The van der Waals surface area contributed by atoms with Gasteiger partial charge in [-0.3, -0.25) is 14.6 Å². The molecule has 1 fully saturated rings. The molecule has 0 unspecified atom stereocenters. The Morgan fingerprint density at radius 3 is 2.90 bits per heavy atom. The Labute approximate surface area is 118 Å². The number of rotatable bonds is 3. The van der Waals surface area contributed by atoms with Crippen molar-refractivity contribution < 1.29 is 14.3 Å². The molecule has 20 heavy (non-hydrogen) atoms. The maximum atomic E-state index is 12.4. The van der Waals surface area contributed by atoms with Crippen LogP contribution in [-0.4, -0.2) is 41.5 Å². The summed E-state index contributed by atoms with van der Waals surface area (Å²) in [6.07, 6.45) is 3.20. The number of carbonyl (C=O) groups excluding carboxylic acids is 2. The highest BCUT2D eigenvalue weighted by Crippen LogP contribution is 2.19. The van der Waals surface area contributed by atoms with Crippen LogP contribution in [0.15, 0.2) is 18.3 Å². The number of aromatic nitrogens is 1. The van der Waals surface area contributed by atoms with Crippen LogP contribution in [0.3, 0.4) is 0 Å². The molecule has 108 valence electrons. The summed E-state index contributed by atoms with van der Waals surface area (Å²) in [5, 5.41) is 0. The highest BCUT2D eigenvalue weighted by Gasteiger charge is 2.29. The van der Waals surface area contributed by atoms with E-state index in [1.165, 1.54) is 0 Å². The summed E-state index contributed by atoms with van der Waals surface area (Å²) in [6.45, 7) is 5.17. The predicted molar refractivity (Wildman–Crippen MR) is 74.2 cm³/mol. The lowest BCUT2D eigenvalue weighted by Crippen LogP contribution is -2.42. The van der Waals surface area contributed by atoms with E-state index in [4.69, 9.17) is 4.74 Å². The number of likely N-dealkylation sites (tertiary alicyclic amines) is 1. The van der Waals surface area contributed by atoms with E-state index in [9.17, 15) is 9.59 Å². The Kier molecular flexibility index (Phi) is 4.71. The van der Waals surface area contributed by atoms with E-state index in [1.54, 1.807) is 24.1 Å². The molecule has 1 aromatic heterocycles. The number of pyridine rings is 1. The maximum Gasteiger partial charge on any atom is 0.310 e. The number of carbonyl (C=O) groups is 2. The Hall–Kier alpha value is -1.91. The summed E-state index contributed by atoms with van der Waals surface area (Å²) in [7, 11) is 0. The minimum Gasteiger partial charge on any atom is -0.466 e. The van der Waals surface area contributed by atoms with Crippen LogP contribution in [0, 0.1) is 12.8 Å². The molecule has 0 aromatic carbocycles. The molecule has 0 N–H and O–H groups in total. The van der Waals surface area contributed by atoms with Gasteiger partial charge in [0, 0.05) is 25.0 Å². The van der Waals surface area contributed by atoms with Gasteiger partial charge in [0.15, 0.2) is 0 Å². The average Bonchev–Trinajstić information content (AvgIpc) is 2.48. The first kappa shape index (κ1) is 14.5. The van der Waals surface area contributed by atoms with Gasteiger partial charge in [0.05, 0.1) is 18.1 Å². The van der Waals surface area contributed by atoms with Crippen LogP contribution in [0.1, 0.15) is 35.8 Å². The first-order valence-electron chi connectivity index (χ1n) is 7.00. The number of hydrogen-bond acceptors (Lipinski definition) is 4. The summed E-state index contributed by atoms with van der Waals surface area (Å²) in [5.74, 6) is -0.468. The fourth-order valence-corrected chi connectivity index (χ4v) is 2.39. The Balaban J connectivity index is 2.03. The lowest BCUT2D eigenvalue weighted by atomic mass is 9.97. The molecular weight excluding hydrogens is 256 g/mol. The van der Waals surface area contributed by atoms with E-state index in [0.717, 1.165) is 18.5 Å². The first-order chi connectivity index (χ1) is 9.61.